The van der Waals surface area contributed by atoms with Crippen molar-refractivity contribution in [3.05, 3.63) is 40.2 Å². The third-order valence-electron chi connectivity index (χ3n) is 3.15. The molecule has 30 heavy (non-hydrogen) atoms. The smallest absolute Gasteiger partial charge is 0.287 e. The number of halogens is 16. The van der Waals surface area contributed by atoms with Crippen LogP contribution in [0.4, 0.5) is 70.2 Å². The minimum Gasteiger partial charge on any atom is -0.287 e. The maximum atomic E-state index is 13.6. The number of hydrogen-bond donors (Lipinski definition) is 0. The Bertz CT molecular complexity index is 869. The molecule has 0 fully saturated rings. The maximum absolute atomic E-state index is 13.6. The molecule has 17 heteroatoms. The quantitative estimate of drug-likeness (QED) is 0.226. The first kappa shape index (κ1) is 25.5. The molecule has 1 rings (SSSR count). The van der Waals surface area contributed by atoms with Crippen LogP contribution in [0.25, 0.3) is 5.57 Å². The molecule has 1 nitrogen and oxygen atoms in total. The molecule has 0 atom stereocenters. The van der Waals surface area contributed by atoms with E-state index in [1.807, 2.05) is 0 Å². The van der Waals surface area contributed by atoms with Gasteiger partial charge in [-0.15, -0.1) is 0 Å². The van der Waals surface area contributed by atoms with Crippen LogP contribution in [0.5, 0.6) is 0 Å². The van der Waals surface area contributed by atoms with Crippen molar-refractivity contribution in [3.63, 3.8) is 0 Å². The average Bonchev–Trinajstić information content (AvgIpc) is 2.54. The number of allylic oxidation sites excluding steroid dienone is 2. The largest absolute Gasteiger partial charge is 0.461 e. The van der Waals surface area contributed by atoms with Gasteiger partial charge < -0.3 is 0 Å². The van der Waals surface area contributed by atoms with Crippen molar-refractivity contribution in [2.75, 3.05) is 0 Å². The molecule has 0 aliphatic carbocycles. The molecular formula is C13F16O. The van der Waals surface area contributed by atoms with E-state index < -0.39 is 76.0 Å². The molecule has 0 heterocycles. The fraction of sp³-hybridized carbons (Fsp3) is 0.308. The lowest BCUT2D eigenvalue weighted by molar-refractivity contribution is -0.268. The van der Waals surface area contributed by atoms with Gasteiger partial charge in [0, 0.05) is 0 Å². The minimum absolute atomic E-state index is 3.20. The number of benzene rings is 1. The van der Waals surface area contributed by atoms with Gasteiger partial charge in [0.1, 0.15) is 5.57 Å². The normalized spacial score (nSPS) is 14.7. The van der Waals surface area contributed by atoms with Crippen LogP contribution in [0.2, 0.25) is 0 Å². The molecule has 0 radical (unpaired) electrons. The van der Waals surface area contributed by atoms with Gasteiger partial charge in [0.2, 0.25) is 11.6 Å². The minimum atomic E-state index is -7.23. The van der Waals surface area contributed by atoms with Gasteiger partial charge in [-0.3, -0.25) is 4.79 Å². The van der Waals surface area contributed by atoms with Crippen LogP contribution in [0.1, 0.15) is 5.56 Å². The summed E-state index contributed by atoms with van der Waals surface area (Å²) in [5.74, 6) is -29.1. The van der Waals surface area contributed by atoms with Crippen molar-refractivity contribution in [1.29, 1.82) is 0 Å². The summed E-state index contributed by atoms with van der Waals surface area (Å²) in [4.78, 5) is 11.1. The van der Waals surface area contributed by atoms with Crippen molar-refractivity contribution in [2.24, 2.45) is 0 Å². The molecule has 0 unspecified atom stereocenters. The SMILES string of the molecule is O=C(/C(=C(/c1c(F)c(F)c(F)c(F)c1F)C(F)(F)F)C(F)(F)F)C(F)(F)C(F)(F)F. The molecule has 0 spiro atoms. The second-order valence-electron chi connectivity index (χ2n) is 5.09. The molecule has 0 bridgehead atoms. The molecule has 0 saturated carbocycles. The summed E-state index contributed by atoms with van der Waals surface area (Å²) in [6.07, 6.45) is -21.4. The number of hydrogen-bond acceptors (Lipinski definition) is 1. The zero-order valence-electron chi connectivity index (χ0n) is 13.0. The van der Waals surface area contributed by atoms with Crippen molar-refractivity contribution in [2.45, 2.75) is 24.5 Å². The molecule has 1 aromatic carbocycles. The van der Waals surface area contributed by atoms with E-state index in [9.17, 15) is 75.0 Å². The lowest BCUT2D eigenvalue weighted by atomic mass is 9.92. The first-order chi connectivity index (χ1) is 13.1. The van der Waals surface area contributed by atoms with Crippen molar-refractivity contribution in [1.82, 2.24) is 0 Å². The third-order valence-corrected chi connectivity index (χ3v) is 3.15. The molecule has 0 amide bonds. The van der Waals surface area contributed by atoms with Crippen LogP contribution in [0, 0.1) is 29.1 Å². The van der Waals surface area contributed by atoms with E-state index in [2.05, 4.69) is 0 Å². The third kappa shape index (κ3) is 4.19. The Balaban J connectivity index is 4.32. The molecule has 1 aromatic rings. The fourth-order valence-corrected chi connectivity index (χ4v) is 1.90. The topological polar surface area (TPSA) is 17.1 Å². The lowest BCUT2D eigenvalue weighted by Gasteiger charge is -2.24. The van der Waals surface area contributed by atoms with Gasteiger partial charge in [0.05, 0.1) is 11.1 Å². The summed E-state index contributed by atoms with van der Waals surface area (Å²) in [6, 6.07) is 0. The summed E-state index contributed by atoms with van der Waals surface area (Å²) >= 11 is 0. The maximum Gasteiger partial charge on any atom is 0.461 e. The van der Waals surface area contributed by atoms with Crippen LogP contribution >= 0.6 is 0 Å². The van der Waals surface area contributed by atoms with E-state index in [4.69, 9.17) is 0 Å². The van der Waals surface area contributed by atoms with Crippen LogP contribution < -0.4 is 0 Å². The van der Waals surface area contributed by atoms with Gasteiger partial charge >= 0.3 is 24.5 Å². The summed E-state index contributed by atoms with van der Waals surface area (Å²) in [5, 5.41) is 0. The summed E-state index contributed by atoms with van der Waals surface area (Å²) < 4.78 is 207. The Hall–Kier alpha value is -2.49. The van der Waals surface area contributed by atoms with Crippen molar-refractivity contribution in [3.8, 4) is 0 Å². The van der Waals surface area contributed by atoms with Gasteiger partial charge in [0.15, 0.2) is 23.3 Å². The lowest BCUT2D eigenvalue weighted by Crippen LogP contribution is -2.47. The van der Waals surface area contributed by atoms with Crippen LogP contribution in [-0.2, 0) is 4.79 Å². The predicted octanol–water partition coefficient (Wildman–Crippen LogP) is 6.03. The van der Waals surface area contributed by atoms with E-state index >= 15 is 0 Å². The number of ketones is 1. The van der Waals surface area contributed by atoms with E-state index in [-0.39, 0.29) is 0 Å². The Morgan fingerprint density at radius 1 is 0.533 bits per heavy atom. The Kier molecular flexibility index (Phi) is 6.24. The highest BCUT2D eigenvalue weighted by Gasteiger charge is 2.68. The van der Waals surface area contributed by atoms with Gasteiger partial charge in [-0.1, -0.05) is 0 Å². The summed E-state index contributed by atoms with van der Waals surface area (Å²) in [7, 11) is 0. The second kappa shape index (κ2) is 7.33. The predicted molar refractivity (Wildman–Crippen MR) is 61.3 cm³/mol. The first-order valence-corrected chi connectivity index (χ1v) is 6.48. The number of Topliss-reactive ketones (excluding diaryl/α,β-unsaturated/α-hetero) is 1. The molecule has 170 valence electrons. The number of rotatable bonds is 3. The van der Waals surface area contributed by atoms with Gasteiger partial charge in [-0.2, -0.15) is 48.3 Å². The van der Waals surface area contributed by atoms with Crippen molar-refractivity contribution < 1.29 is 75.0 Å². The molecule has 0 aliphatic heterocycles. The number of carbonyl (C=O) groups excluding carboxylic acids is 1. The fourth-order valence-electron chi connectivity index (χ4n) is 1.90. The number of carbonyl (C=O) groups is 1. The average molecular weight is 476 g/mol. The first-order valence-electron chi connectivity index (χ1n) is 6.48. The summed E-state index contributed by atoms with van der Waals surface area (Å²) in [6.45, 7) is 0. The van der Waals surface area contributed by atoms with Crippen LogP contribution in [0.15, 0.2) is 5.57 Å². The van der Waals surface area contributed by atoms with Gasteiger partial charge in [-0.05, 0) is 0 Å². The second-order valence-corrected chi connectivity index (χ2v) is 5.09. The zero-order chi connectivity index (χ0) is 24.2. The summed E-state index contributed by atoms with van der Waals surface area (Å²) in [5.41, 5.74) is -12.4. The Morgan fingerprint density at radius 2 is 0.867 bits per heavy atom. The Labute approximate surface area is 152 Å². The molecule has 0 N–H and O–H groups in total. The van der Waals surface area contributed by atoms with E-state index in [1.165, 1.54) is 0 Å². The van der Waals surface area contributed by atoms with Gasteiger partial charge in [-0.25, -0.2) is 22.0 Å². The molecule has 0 aromatic heterocycles. The van der Waals surface area contributed by atoms with Crippen molar-refractivity contribution >= 4 is 11.4 Å². The van der Waals surface area contributed by atoms with E-state index in [0.717, 1.165) is 0 Å². The zero-order valence-corrected chi connectivity index (χ0v) is 13.0. The Morgan fingerprint density at radius 3 is 1.13 bits per heavy atom. The highest BCUT2D eigenvalue weighted by atomic mass is 19.4. The number of alkyl halides is 11. The van der Waals surface area contributed by atoms with Crippen LogP contribution in [-0.4, -0.2) is 30.2 Å². The van der Waals surface area contributed by atoms with E-state index in [0.29, 0.717) is 0 Å². The van der Waals surface area contributed by atoms with E-state index in [1.54, 1.807) is 0 Å². The highest BCUT2D eigenvalue weighted by Crippen LogP contribution is 2.48. The molecule has 0 saturated heterocycles. The highest BCUT2D eigenvalue weighted by molar-refractivity contribution is 6.09. The van der Waals surface area contributed by atoms with Crippen LogP contribution in [0.3, 0.4) is 0 Å². The monoisotopic (exact) mass is 476 g/mol. The molecular weight excluding hydrogens is 476 g/mol. The van der Waals surface area contributed by atoms with Gasteiger partial charge in [0.25, 0.3) is 0 Å². The standard InChI is InChI=1S/C13F16O/c14-4-1(5(15)7(17)8(18)6(4)16)2(11(21,22)23)3(12(24,25)26)9(30)10(19,20)13(27,28)29/b3-2+. The molecule has 0 aliphatic rings.